The molecule has 0 spiro atoms. The van der Waals surface area contributed by atoms with Gasteiger partial charge in [-0.3, -0.25) is 14.5 Å². The zero-order chi connectivity index (χ0) is 23.8. The predicted octanol–water partition coefficient (Wildman–Crippen LogP) is 3.41. The number of benzene rings is 3. The summed E-state index contributed by atoms with van der Waals surface area (Å²) in [5, 5.41) is 5.54. The molecule has 6 nitrogen and oxygen atoms in total. The van der Waals surface area contributed by atoms with E-state index in [4.69, 9.17) is 4.74 Å². The summed E-state index contributed by atoms with van der Waals surface area (Å²) in [5.74, 6) is -0.929. The van der Waals surface area contributed by atoms with Crippen LogP contribution in [0.5, 0.6) is 0 Å². The van der Waals surface area contributed by atoms with Crippen LogP contribution in [0.1, 0.15) is 22.0 Å². The second kappa shape index (κ2) is 11.5. The molecular weight excluding hydrogens is 433 g/mol. The van der Waals surface area contributed by atoms with Gasteiger partial charge in [0.25, 0.3) is 5.91 Å². The van der Waals surface area contributed by atoms with Crippen molar-refractivity contribution in [2.75, 3.05) is 39.4 Å². The van der Waals surface area contributed by atoms with Gasteiger partial charge in [-0.15, -0.1) is 0 Å². The lowest BCUT2D eigenvalue weighted by Gasteiger charge is -2.35. The van der Waals surface area contributed by atoms with Crippen LogP contribution in [0.3, 0.4) is 0 Å². The molecule has 0 saturated carbocycles. The van der Waals surface area contributed by atoms with E-state index < -0.39 is 0 Å². The Kier molecular flexibility index (Phi) is 8.01. The first-order chi connectivity index (χ1) is 16.6. The number of carbonyl (C=O) groups is 2. The molecular formula is C27H28FN3O3. The molecule has 1 aliphatic heterocycles. The Morgan fingerprint density at radius 2 is 1.59 bits per heavy atom. The molecule has 1 saturated heterocycles. The molecule has 0 aliphatic carbocycles. The van der Waals surface area contributed by atoms with Gasteiger partial charge >= 0.3 is 0 Å². The molecule has 7 heteroatoms. The number of ether oxygens (including phenoxy) is 1. The molecule has 176 valence electrons. The van der Waals surface area contributed by atoms with Crippen LogP contribution < -0.4 is 10.6 Å². The maximum atomic E-state index is 13.8. The van der Waals surface area contributed by atoms with Gasteiger partial charge in [-0.05, 0) is 41.0 Å². The van der Waals surface area contributed by atoms with Gasteiger partial charge in [0.1, 0.15) is 5.82 Å². The Bertz CT molecular complexity index is 1100. The Labute approximate surface area is 198 Å². The third kappa shape index (κ3) is 6.27. The first kappa shape index (κ1) is 23.6. The molecule has 3 aromatic rings. The van der Waals surface area contributed by atoms with Gasteiger partial charge in [0.15, 0.2) is 0 Å². The van der Waals surface area contributed by atoms with Crippen LogP contribution in [0.4, 0.5) is 4.39 Å². The van der Waals surface area contributed by atoms with E-state index in [0.717, 1.165) is 16.7 Å². The highest BCUT2D eigenvalue weighted by Crippen LogP contribution is 2.22. The Morgan fingerprint density at radius 1 is 0.882 bits per heavy atom. The van der Waals surface area contributed by atoms with Crippen molar-refractivity contribution in [1.29, 1.82) is 0 Å². The Hall–Kier alpha value is -3.55. The molecule has 1 aliphatic rings. The van der Waals surface area contributed by atoms with Crippen molar-refractivity contribution in [3.8, 4) is 11.1 Å². The first-order valence-electron chi connectivity index (χ1n) is 11.4. The molecule has 1 fully saturated rings. The fourth-order valence-electron chi connectivity index (χ4n) is 4.04. The van der Waals surface area contributed by atoms with Crippen molar-refractivity contribution < 1.29 is 18.7 Å². The summed E-state index contributed by atoms with van der Waals surface area (Å²) in [5.41, 5.74) is 3.37. The molecule has 4 rings (SSSR count). The number of nitrogens with one attached hydrogen (secondary N) is 2. The molecule has 3 aromatic carbocycles. The fraction of sp³-hybridized carbons (Fsp3) is 0.259. The molecule has 0 aromatic heterocycles. The number of halogens is 1. The lowest BCUT2D eigenvalue weighted by atomic mass is 10.0. The number of rotatable bonds is 8. The third-order valence-corrected chi connectivity index (χ3v) is 5.88. The van der Waals surface area contributed by atoms with Crippen LogP contribution >= 0.6 is 0 Å². The normalized spacial score (nSPS) is 14.9. The van der Waals surface area contributed by atoms with E-state index in [0.29, 0.717) is 38.4 Å². The van der Waals surface area contributed by atoms with Gasteiger partial charge < -0.3 is 15.4 Å². The molecule has 2 N–H and O–H groups in total. The number of hydrogen-bond donors (Lipinski definition) is 2. The summed E-state index contributed by atoms with van der Waals surface area (Å²) in [6.45, 7) is 2.76. The fourth-order valence-corrected chi connectivity index (χ4v) is 4.04. The summed E-state index contributed by atoms with van der Waals surface area (Å²) in [6, 6.07) is 23.4. The lowest BCUT2D eigenvalue weighted by molar-refractivity contribution is -0.120. The minimum Gasteiger partial charge on any atom is -0.379 e. The average molecular weight is 462 g/mol. The Morgan fingerprint density at radius 3 is 2.29 bits per heavy atom. The van der Waals surface area contributed by atoms with Crippen LogP contribution in [0.15, 0.2) is 78.9 Å². The zero-order valence-electron chi connectivity index (χ0n) is 18.9. The molecule has 34 heavy (non-hydrogen) atoms. The summed E-state index contributed by atoms with van der Waals surface area (Å²) in [7, 11) is 0. The van der Waals surface area contributed by atoms with Crippen molar-refractivity contribution in [2.45, 2.75) is 6.04 Å². The highest BCUT2D eigenvalue weighted by molar-refractivity contribution is 5.96. The number of amides is 2. The molecule has 0 radical (unpaired) electrons. The summed E-state index contributed by atoms with van der Waals surface area (Å²) in [4.78, 5) is 27.1. The van der Waals surface area contributed by atoms with Gasteiger partial charge in [-0.25, -0.2) is 4.39 Å². The van der Waals surface area contributed by atoms with Crippen LogP contribution in [0.2, 0.25) is 0 Å². The van der Waals surface area contributed by atoms with Gasteiger partial charge in [0.05, 0.1) is 25.8 Å². The highest BCUT2D eigenvalue weighted by Gasteiger charge is 2.23. The molecule has 1 heterocycles. The van der Waals surface area contributed by atoms with E-state index in [1.54, 1.807) is 18.2 Å². The quantitative estimate of drug-likeness (QED) is 0.539. The van der Waals surface area contributed by atoms with Crippen molar-refractivity contribution in [2.24, 2.45) is 0 Å². The average Bonchev–Trinajstić information content (AvgIpc) is 2.89. The smallest absolute Gasteiger partial charge is 0.251 e. The van der Waals surface area contributed by atoms with Crippen LogP contribution in [-0.2, 0) is 9.53 Å². The first-order valence-corrected chi connectivity index (χ1v) is 11.4. The standard InChI is InChI=1S/C27H28FN3O3/c28-24-8-4-7-23(17-24)25(31-13-15-34-16-14-31)18-29-26(32)19-30-27(33)22-11-9-21(10-12-22)20-5-2-1-3-6-20/h1-12,17,25H,13-16,18-19H2,(H,29,32)(H,30,33). The minimum absolute atomic E-state index is 0.141. The number of morpholine rings is 1. The predicted molar refractivity (Wildman–Crippen MR) is 129 cm³/mol. The third-order valence-electron chi connectivity index (χ3n) is 5.88. The molecule has 1 atom stereocenters. The second-order valence-electron chi connectivity index (χ2n) is 8.15. The number of hydrogen-bond acceptors (Lipinski definition) is 4. The zero-order valence-corrected chi connectivity index (χ0v) is 18.9. The SMILES string of the molecule is O=C(CNC(=O)c1ccc(-c2ccccc2)cc1)NCC(c1cccc(F)c1)N1CCOCC1. The summed E-state index contributed by atoms with van der Waals surface area (Å²) in [6.07, 6.45) is 0. The van der Waals surface area contributed by atoms with Crippen molar-refractivity contribution in [3.63, 3.8) is 0 Å². The van der Waals surface area contributed by atoms with Crippen LogP contribution in [-0.4, -0.2) is 56.1 Å². The Balaban J connectivity index is 1.31. The largest absolute Gasteiger partial charge is 0.379 e. The summed E-state index contributed by atoms with van der Waals surface area (Å²) < 4.78 is 19.2. The minimum atomic E-state index is -0.315. The lowest BCUT2D eigenvalue weighted by Crippen LogP contribution is -2.45. The van der Waals surface area contributed by atoms with E-state index in [1.165, 1.54) is 12.1 Å². The topological polar surface area (TPSA) is 70.7 Å². The van der Waals surface area contributed by atoms with Crippen LogP contribution in [0.25, 0.3) is 11.1 Å². The van der Waals surface area contributed by atoms with E-state index in [2.05, 4.69) is 15.5 Å². The van der Waals surface area contributed by atoms with Crippen molar-refractivity contribution >= 4 is 11.8 Å². The number of nitrogens with zero attached hydrogens (tertiary/aromatic N) is 1. The van der Waals surface area contributed by atoms with Gasteiger partial charge in [-0.1, -0.05) is 54.6 Å². The monoisotopic (exact) mass is 461 g/mol. The van der Waals surface area contributed by atoms with Crippen molar-refractivity contribution in [3.05, 3.63) is 95.8 Å². The van der Waals surface area contributed by atoms with Gasteiger partial charge in [0, 0.05) is 25.2 Å². The molecule has 1 unspecified atom stereocenters. The van der Waals surface area contributed by atoms with E-state index in [1.807, 2.05) is 48.5 Å². The van der Waals surface area contributed by atoms with Gasteiger partial charge in [-0.2, -0.15) is 0 Å². The van der Waals surface area contributed by atoms with Gasteiger partial charge in [0.2, 0.25) is 5.91 Å². The maximum absolute atomic E-state index is 13.8. The van der Waals surface area contributed by atoms with E-state index >= 15 is 0 Å². The molecule has 0 bridgehead atoms. The van der Waals surface area contributed by atoms with E-state index in [9.17, 15) is 14.0 Å². The summed E-state index contributed by atoms with van der Waals surface area (Å²) >= 11 is 0. The van der Waals surface area contributed by atoms with Crippen LogP contribution in [0, 0.1) is 5.82 Å². The second-order valence-corrected chi connectivity index (χ2v) is 8.15. The maximum Gasteiger partial charge on any atom is 0.251 e. The highest BCUT2D eigenvalue weighted by atomic mass is 19.1. The molecule has 2 amide bonds. The van der Waals surface area contributed by atoms with Crippen molar-refractivity contribution in [1.82, 2.24) is 15.5 Å². The number of carbonyl (C=O) groups excluding carboxylic acids is 2. The van der Waals surface area contributed by atoms with E-state index in [-0.39, 0.29) is 30.2 Å².